The Balaban J connectivity index is 0.000000120. The first-order chi connectivity index (χ1) is 5.71. The van der Waals surface area contributed by atoms with Crippen molar-refractivity contribution in [3.63, 3.8) is 0 Å². The number of hydrogen-bond acceptors (Lipinski definition) is 3. The minimum atomic E-state index is -2.39. The molecule has 0 radical (unpaired) electrons. The second-order valence-electron chi connectivity index (χ2n) is 2.96. The van der Waals surface area contributed by atoms with E-state index >= 15 is 0 Å². The lowest BCUT2D eigenvalue weighted by molar-refractivity contribution is -0.0475. The molecule has 0 amide bonds. The fourth-order valence-electron chi connectivity index (χ4n) is 0.918. The van der Waals surface area contributed by atoms with Gasteiger partial charge in [-0.2, -0.15) is 0 Å². The summed E-state index contributed by atoms with van der Waals surface area (Å²) in [6.07, 6.45) is 0. The highest BCUT2D eigenvalue weighted by Crippen LogP contribution is 2.16. The van der Waals surface area contributed by atoms with E-state index in [0.717, 1.165) is 26.2 Å². The summed E-state index contributed by atoms with van der Waals surface area (Å²) in [6, 6.07) is 0. The summed E-state index contributed by atoms with van der Waals surface area (Å²) in [7, 11) is 0. The molecule has 3 N–H and O–H groups in total. The van der Waals surface area contributed by atoms with E-state index < -0.39 is 5.92 Å². The molecular weight excluding hydrogens is 164 g/mol. The third-order valence-electron chi connectivity index (χ3n) is 1.72. The summed E-state index contributed by atoms with van der Waals surface area (Å²) in [5, 5.41) is 8.90. The van der Waals surface area contributed by atoms with Crippen LogP contribution in [0.25, 0.3) is 0 Å². The molecule has 2 heterocycles. The second-order valence-corrected chi connectivity index (χ2v) is 2.96. The van der Waals surface area contributed by atoms with Gasteiger partial charge in [-0.3, -0.25) is 0 Å². The normalized spacial score (nSPS) is 26.5. The molecule has 2 rings (SSSR count). The molecule has 0 aromatic carbocycles. The highest BCUT2D eigenvalue weighted by Gasteiger charge is 2.36. The van der Waals surface area contributed by atoms with Crippen molar-refractivity contribution >= 4 is 0 Å². The molecule has 0 aromatic rings. The molecule has 72 valence electrons. The Morgan fingerprint density at radius 2 is 1.08 bits per heavy atom. The molecule has 0 saturated carbocycles. The molecule has 0 bridgehead atoms. The van der Waals surface area contributed by atoms with E-state index in [1.807, 2.05) is 0 Å². The summed E-state index contributed by atoms with van der Waals surface area (Å²) in [4.78, 5) is 0. The van der Waals surface area contributed by atoms with Crippen molar-refractivity contribution in [2.75, 3.05) is 39.3 Å². The van der Waals surface area contributed by atoms with Crippen LogP contribution in [0.1, 0.15) is 0 Å². The predicted octanol–water partition coefficient (Wildman–Crippen LogP) is -0.596. The molecule has 12 heavy (non-hydrogen) atoms. The number of hydrogen-bond donors (Lipinski definition) is 3. The highest BCUT2D eigenvalue weighted by atomic mass is 19.3. The van der Waals surface area contributed by atoms with Gasteiger partial charge in [-0.1, -0.05) is 0 Å². The van der Waals surface area contributed by atoms with E-state index in [9.17, 15) is 8.78 Å². The average molecular weight is 179 g/mol. The molecule has 0 atom stereocenters. The van der Waals surface area contributed by atoms with Gasteiger partial charge < -0.3 is 16.0 Å². The largest absolute Gasteiger partial charge is 0.314 e. The highest BCUT2D eigenvalue weighted by molar-refractivity contribution is 4.81. The maximum Gasteiger partial charge on any atom is 0.272 e. The fourth-order valence-corrected chi connectivity index (χ4v) is 0.918. The Hall–Kier alpha value is -0.260. The summed E-state index contributed by atoms with van der Waals surface area (Å²) < 4.78 is 23.0. The van der Waals surface area contributed by atoms with Gasteiger partial charge >= 0.3 is 0 Å². The minimum absolute atomic E-state index is 0.132. The molecule has 0 spiro atoms. The van der Waals surface area contributed by atoms with E-state index in [1.165, 1.54) is 0 Å². The Bertz CT molecular complexity index is 108. The molecule has 0 unspecified atom stereocenters. The number of alkyl halides is 2. The molecule has 0 aromatic heterocycles. The SMILES string of the molecule is C1CNCCN1.FC1(F)CNC1. The van der Waals surface area contributed by atoms with Gasteiger partial charge in [0.25, 0.3) is 5.92 Å². The number of rotatable bonds is 0. The zero-order valence-electron chi connectivity index (χ0n) is 7.00. The molecular formula is C7H15F2N3. The Kier molecular flexibility index (Phi) is 3.84. The first-order valence-corrected chi connectivity index (χ1v) is 4.21. The van der Waals surface area contributed by atoms with Crippen LogP contribution in [0.5, 0.6) is 0 Å². The topological polar surface area (TPSA) is 36.1 Å². The molecule has 2 aliphatic rings. The Morgan fingerprint density at radius 1 is 0.750 bits per heavy atom. The van der Waals surface area contributed by atoms with Crippen LogP contribution in [0.3, 0.4) is 0 Å². The first kappa shape index (κ1) is 9.83. The van der Waals surface area contributed by atoms with Gasteiger partial charge in [-0.25, -0.2) is 8.78 Å². The molecule has 0 aliphatic carbocycles. The van der Waals surface area contributed by atoms with E-state index in [1.54, 1.807) is 0 Å². The molecule has 5 heteroatoms. The van der Waals surface area contributed by atoms with Gasteiger partial charge in [0.2, 0.25) is 0 Å². The smallest absolute Gasteiger partial charge is 0.272 e. The molecule has 2 fully saturated rings. The van der Waals surface area contributed by atoms with E-state index in [4.69, 9.17) is 0 Å². The summed E-state index contributed by atoms with van der Waals surface area (Å²) in [5.74, 6) is -2.39. The lowest BCUT2D eigenvalue weighted by atomic mass is 10.2. The van der Waals surface area contributed by atoms with Crippen LogP contribution in [0.15, 0.2) is 0 Å². The van der Waals surface area contributed by atoms with Crippen LogP contribution in [-0.2, 0) is 0 Å². The molecule has 2 saturated heterocycles. The van der Waals surface area contributed by atoms with E-state index in [2.05, 4.69) is 16.0 Å². The van der Waals surface area contributed by atoms with Gasteiger partial charge in [0, 0.05) is 26.2 Å². The van der Waals surface area contributed by atoms with Crippen molar-refractivity contribution in [2.45, 2.75) is 5.92 Å². The maximum atomic E-state index is 11.5. The summed E-state index contributed by atoms with van der Waals surface area (Å²) in [6.45, 7) is 4.29. The summed E-state index contributed by atoms with van der Waals surface area (Å²) >= 11 is 0. The van der Waals surface area contributed by atoms with Crippen molar-refractivity contribution in [1.82, 2.24) is 16.0 Å². The van der Waals surface area contributed by atoms with E-state index in [-0.39, 0.29) is 13.1 Å². The Morgan fingerprint density at radius 3 is 1.17 bits per heavy atom. The molecule has 2 aliphatic heterocycles. The van der Waals surface area contributed by atoms with Crippen molar-refractivity contribution in [3.8, 4) is 0 Å². The van der Waals surface area contributed by atoms with E-state index in [0.29, 0.717) is 0 Å². The van der Waals surface area contributed by atoms with Crippen molar-refractivity contribution in [3.05, 3.63) is 0 Å². The lowest BCUT2D eigenvalue weighted by Crippen LogP contribution is -2.52. The van der Waals surface area contributed by atoms with Gasteiger partial charge in [-0.15, -0.1) is 0 Å². The van der Waals surface area contributed by atoms with Gasteiger partial charge in [0.05, 0.1) is 13.1 Å². The van der Waals surface area contributed by atoms with Crippen LogP contribution in [0.2, 0.25) is 0 Å². The standard InChI is InChI=1S/C4H10N2.C3H5F2N/c1-2-6-4-3-5-1;4-3(5)1-6-2-3/h5-6H,1-4H2;6H,1-2H2. The van der Waals surface area contributed by atoms with Gasteiger partial charge in [0.15, 0.2) is 0 Å². The summed E-state index contributed by atoms with van der Waals surface area (Å²) in [5.41, 5.74) is 0. The minimum Gasteiger partial charge on any atom is -0.314 e. The third kappa shape index (κ3) is 3.94. The fraction of sp³-hybridized carbons (Fsp3) is 1.00. The molecule has 3 nitrogen and oxygen atoms in total. The van der Waals surface area contributed by atoms with Crippen molar-refractivity contribution in [1.29, 1.82) is 0 Å². The van der Waals surface area contributed by atoms with Crippen LogP contribution in [0, 0.1) is 0 Å². The Labute approximate surface area is 70.9 Å². The van der Waals surface area contributed by atoms with Gasteiger partial charge in [-0.05, 0) is 0 Å². The zero-order chi connectivity index (χ0) is 8.86. The quantitative estimate of drug-likeness (QED) is 0.465. The van der Waals surface area contributed by atoms with Crippen LogP contribution in [-0.4, -0.2) is 45.2 Å². The number of piperazine rings is 1. The zero-order valence-corrected chi connectivity index (χ0v) is 7.00. The number of nitrogens with one attached hydrogen (secondary N) is 3. The predicted molar refractivity (Wildman–Crippen MR) is 43.6 cm³/mol. The van der Waals surface area contributed by atoms with Gasteiger partial charge in [0.1, 0.15) is 0 Å². The maximum absolute atomic E-state index is 11.5. The lowest BCUT2D eigenvalue weighted by Gasteiger charge is -2.25. The third-order valence-corrected chi connectivity index (χ3v) is 1.72. The van der Waals surface area contributed by atoms with Crippen LogP contribution in [0.4, 0.5) is 8.78 Å². The monoisotopic (exact) mass is 179 g/mol. The van der Waals surface area contributed by atoms with Crippen molar-refractivity contribution < 1.29 is 8.78 Å². The average Bonchev–Trinajstić information content (AvgIpc) is 2.06. The second kappa shape index (κ2) is 4.69. The van der Waals surface area contributed by atoms with Crippen molar-refractivity contribution in [2.24, 2.45) is 0 Å². The number of halogens is 2. The van der Waals surface area contributed by atoms with Crippen LogP contribution >= 0.6 is 0 Å². The first-order valence-electron chi connectivity index (χ1n) is 4.21. The van der Waals surface area contributed by atoms with Crippen LogP contribution < -0.4 is 16.0 Å².